The fourth-order valence-corrected chi connectivity index (χ4v) is 2.63. The Labute approximate surface area is 146 Å². The highest BCUT2D eigenvalue weighted by Gasteiger charge is 2.22. The molecule has 2 N–H and O–H groups in total. The highest BCUT2D eigenvalue weighted by Crippen LogP contribution is 2.16. The zero-order valence-electron chi connectivity index (χ0n) is 14.8. The van der Waals surface area contributed by atoms with Crippen LogP contribution in [0.2, 0.25) is 0 Å². The highest BCUT2D eigenvalue weighted by atomic mass is 35.5. The summed E-state index contributed by atoms with van der Waals surface area (Å²) in [6.07, 6.45) is 3.19. The maximum absolute atomic E-state index is 12.2. The van der Waals surface area contributed by atoms with Crippen LogP contribution in [0.3, 0.4) is 0 Å². The van der Waals surface area contributed by atoms with Crippen LogP contribution in [0.5, 0.6) is 0 Å². The summed E-state index contributed by atoms with van der Waals surface area (Å²) in [6, 6.07) is 0. The lowest BCUT2D eigenvalue weighted by Gasteiger charge is -2.32. The van der Waals surface area contributed by atoms with Gasteiger partial charge in [-0.1, -0.05) is 13.8 Å². The van der Waals surface area contributed by atoms with Crippen LogP contribution in [-0.4, -0.2) is 74.5 Å². The zero-order chi connectivity index (χ0) is 16.4. The van der Waals surface area contributed by atoms with Gasteiger partial charge in [0.2, 0.25) is 11.8 Å². The molecule has 1 aliphatic heterocycles. The second kappa shape index (κ2) is 12.6. The number of hydrogen-bond donors (Lipinski definition) is 2. The van der Waals surface area contributed by atoms with Gasteiger partial charge in [-0.05, 0) is 51.4 Å². The van der Waals surface area contributed by atoms with Crippen molar-refractivity contribution in [3.8, 4) is 0 Å². The molecule has 0 aromatic carbocycles. The van der Waals surface area contributed by atoms with E-state index in [-0.39, 0.29) is 30.8 Å². The van der Waals surface area contributed by atoms with Gasteiger partial charge in [0, 0.05) is 13.6 Å². The minimum atomic E-state index is -0.0814. The van der Waals surface area contributed by atoms with E-state index in [2.05, 4.69) is 22.5 Å². The molecule has 7 heteroatoms. The molecule has 0 atom stereocenters. The number of amides is 2. The minimum absolute atomic E-state index is 0. The molecule has 1 saturated heterocycles. The molecule has 23 heavy (non-hydrogen) atoms. The number of nitrogens with zero attached hydrogens (tertiary/aromatic N) is 2. The normalized spacial score (nSPS) is 15.8. The largest absolute Gasteiger partial charge is 0.355 e. The third-order valence-corrected chi connectivity index (χ3v) is 4.13. The van der Waals surface area contributed by atoms with E-state index in [4.69, 9.17) is 0 Å². The molecule has 0 saturated carbocycles. The zero-order valence-corrected chi connectivity index (χ0v) is 15.6. The van der Waals surface area contributed by atoms with Gasteiger partial charge in [0.1, 0.15) is 0 Å². The molecule has 0 aromatic rings. The number of carbonyl (C=O) groups excluding carboxylic acids is 2. The second-order valence-corrected chi connectivity index (χ2v) is 6.13. The first kappa shape index (κ1) is 22.1. The lowest BCUT2D eigenvalue weighted by Crippen LogP contribution is -2.45. The topological polar surface area (TPSA) is 64.7 Å². The summed E-state index contributed by atoms with van der Waals surface area (Å²) in [6.45, 7) is 9.41. The number of likely N-dealkylation sites (N-methyl/N-ethyl adjacent to an activating group) is 1. The highest BCUT2D eigenvalue weighted by molar-refractivity contribution is 5.85. The smallest absolute Gasteiger partial charge is 0.239 e. The van der Waals surface area contributed by atoms with Crippen LogP contribution >= 0.6 is 12.4 Å². The van der Waals surface area contributed by atoms with Gasteiger partial charge in [-0.3, -0.25) is 14.5 Å². The predicted molar refractivity (Wildman–Crippen MR) is 95.9 cm³/mol. The molecular weight excluding hydrogens is 316 g/mol. The number of likely N-dealkylation sites (tertiary alicyclic amines) is 1. The molecule has 0 radical (unpaired) electrons. The van der Waals surface area contributed by atoms with Crippen LogP contribution in [0.4, 0.5) is 0 Å². The van der Waals surface area contributed by atoms with Crippen molar-refractivity contribution in [2.75, 3.05) is 52.9 Å². The molecule has 0 unspecified atom stereocenters. The Balaban J connectivity index is 0.00000484. The van der Waals surface area contributed by atoms with Gasteiger partial charge in [0.05, 0.1) is 13.1 Å². The van der Waals surface area contributed by atoms with Crippen LogP contribution in [-0.2, 0) is 9.59 Å². The van der Waals surface area contributed by atoms with Crippen LogP contribution in [0.25, 0.3) is 0 Å². The SMILES string of the molecule is CCCNC(=O)CN(C)C(=O)CN1CCC(CNCC)CC1.Cl. The molecule has 1 rings (SSSR count). The average Bonchev–Trinajstić information content (AvgIpc) is 2.52. The van der Waals surface area contributed by atoms with Gasteiger partial charge in [-0.25, -0.2) is 0 Å². The number of rotatable bonds is 9. The van der Waals surface area contributed by atoms with E-state index < -0.39 is 0 Å². The van der Waals surface area contributed by atoms with E-state index in [9.17, 15) is 9.59 Å². The monoisotopic (exact) mass is 348 g/mol. The molecule has 136 valence electrons. The molecular formula is C16H33ClN4O2. The van der Waals surface area contributed by atoms with Crippen molar-refractivity contribution in [2.45, 2.75) is 33.1 Å². The Morgan fingerprint density at radius 2 is 1.87 bits per heavy atom. The molecule has 6 nitrogen and oxygen atoms in total. The van der Waals surface area contributed by atoms with E-state index in [1.165, 1.54) is 4.90 Å². The Kier molecular flexibility index (Phi) is 12.1. The molecule has 1 fully saturated rings. The quantitative estimate of drug-likeness (QED) is 0.644. The molecule has 0 bridgehead atoms. The fourth-order valence-electron chi connectivity index (χ4n) is 2.63. The second-order valence-electron chi connectivity index (χ2n) is 6.13. The number of piperidine rings is 1. The van der Waals surface area contributed by atoms with Crippen molar-refractivity contribution in [3.63, 3.8) is 0 Å². The van der Waals surface area contributed by atoms with E-state index in [1.54, 1.807) is 7.05 Å². The first-order valence-electron chi connectivity index (χ1n) is 8.50. The number of nitrogens with one attached hydrogen (secondary N) is 2. The van der Waals surface area contributed by atoms with E-state index in [0.717, 1.165) is 51.4 Å². The van der Waals surface area contributed by atoms with E-state index in [1.807, 2.05) is 6.92 Å². The number of carbonyl (C=O) groups is 2. The first-order valence-corrected chi connectivity index (χ1v) is 8.50. The van der Waals surface area contributed by atoms with Crippen LogP contribution < -0.4 is 10.6 Å². The van der Waals surface area contributed by atoms with Crippen molar-refractivity contribution in [1.82, 2.24) is 20.4 Å². The van der Waals surface area contributed by atoms with Gasteiger partial charge in [-0.15, -0.1) is 12.4 Å². The summed E-state index contributed by atoms with van der Waals surface area (Å²) in [5.41, 5.74) is 0. The lowest BCUT2D eigenvalue weighted by atomic mass is 9.97. The van der Waals surface area contributed by atoms with Gasteiger partial charge >= 0.3 is 0 Å². The standard InChI is InChI=1S/C16H32N4O2.ClH/c1-4-8-18-15(21)12-19(3)16(22)13-20-9-6-14(7-10-20)11-17-5-2;/h14,17H,4-13H2,1-3H3,(H,18,21);1H. The Morgan fingerprint density at radius 1 is 1.22 bits per heavy atom. The Morgan fingerprint density at radius 3 is 2.43 bits per heavy atom. The summed E-state index contributed by atoms with van der Waals surface area (Å²) in [5, 5.41) is 6.19. The van der Waals surface area contributed by atoms with Crippen LogP contribution in [0.15, 0.2) is 0 Å². The molecule has 0 spiro atoms. The maximum atomic E-state index is 12.2. The number of hydrogen-bond acceptors (Lipinski definition) is 4. The average molecular weight is 349 g/mol. The summed E-state index contributed by atoms with van der Waals surface area (Å²) < 4.78 is 0. The minimum Gasteiger partial charge on any atom is -0.355 e. The van der Waals surface area contributed by atoms with Crippen molar-refractivity contribution in [2.24, 2.45) is 5.92 Å². The summed E-state index contributed by atoms with van der Waals surface area (Å²) >= 11 is 0. The Hall–Kier alpha value is -0.850. The van der Waals surface area contributed by atoms with Gasteiger partial charge in [-0.2, -0.15) is 0 Å². The maximum Gasteiger partial charge on any atom is 0.239 e. The summed E-state index contributed by atoms with van der Waals surface area (Å²) in [5.74, 6) is 0.669. The van der Waals surface area contributed by atoms with Crippen LogP contribution in [0.1, 0.15) is 33.1 Å². The van der Waals surface area contributed by atoms with Crippen LogP contribution in [0, 0.1) is 5.92 Å². The first-order chi connectivity index (χ1) is 10.6. The third kappa shape index (κ3) is 9.13. The lowest BCUT2D eigenvalue weighted by molar-refractivity contribution is -0.135. The van der Waals surface area contributed by atoms with E-state index in [0.29, 0.717) is 13.1 Å². The molecule has 1 aliphatic rings. The van der Waals surface area contributed by atoms with Gasteiger partial charge < -0.3 is 15.5 Å². The fraction of sp³-hybridized carbons (Fsp3) is 0.875. The summed E-state index contributed by atoms with van der Waals surface area (Å²) in [7, 11) is 1.70. The molecule has 1 heterocycles. The van der Waals surface area contributed by atoms with Crippen molar-refractivity contribution < 1.29 is 9.59 Å². The van der Waals surface area contributed by atoms with Gasteiger partial charge in [0.15, 0.2) is 0 Å². The molecule has 0 aromatic heterocycles. The van der Waals surface area contributed by atoms with Crippen molar-refractivity contribution in [3.05, 3.63) is 0 Å². The molecule has 2 amide bonds. The third-order valence-electron chi connectivity index (χ3n) is 4.13. The van der Waals surface area contributed by atoms with Gasteiger partial charge in [0.25, 0.3) is 0 Å². The molecule has 0 aliphatic carbocycles. The predicted octanol–water partition coefficient (Wildman–Crippen LogP) is 0.714. The van der Waals surface area contributed by atoms with Crippen molar-refractivity contribution >= 4 is 24.2 Å². The van der Waals surface area contributed by atoms with Crippen molar-refractivity contribution in [1.29, 1.82) is 0 Å². The Bertz CT molecular complexity index is 347. The summed E-state index contributed by atoms with van der Waals surface area (Å²) in [4.78, 5) is 27.5. The van der Waals surface area contributed by atoms with E-state index >= 15 is 0 Å². The number of halogens is 1.